The normalized spacial score (nSPS) is 40.6. The van der Waals surface area contributed by atoms with Crippen LogP contribution in [0, 0.1) is 39.4 Å². The molecule has 2 saturated heterocycles. The lowest BCUT2D eigenvalue weighted by Crippen LogP contribution is -2.55. The SMILES string of the molecule is CC(C)=CCCC(C)C1CCC2(C)C3=C(CCC12C)C1(C)CCC(O)C(C)(C)C1CC3.CN(C)CCCOC1C(C(O)CO)OC2OC(C)(C)OC21.Cl. The van der Waals surface area contributed by atoms with Gasteiger partial charge in [-0.2, -0.15) is 0 Å². The quantitative estimate of drug-likeness (QED) is 0.142. The van der Waals surface area contributed by atoms with E-state index in [2.05, 4.69) is 66.4 Å². The van der Waals surface area contributed by atoms with Crippen LogP contribution in [-0.2, 0) is 18.9 Å². The van der Waals surface area contributed by atoms with Crippen molar-refractivity contribution in [1.82, 2.24) is 4.90 Å². The first kappa shape index (κ1) is 45.2. The van der Waals surface area contributed by atoms with Gasteiger partial charge in [0.25, 0.3) is 0 Å². The molecule has 3 N–H and O–H groups in total. The molecule has 0 aromatic heterocycles. The first-order valence-corrected chi connectivity index (χ1v) is 20.8. The van der Waals surface area contributed by atoms with Crippen molar-refractivity contribution in [3.05, 3.63) is 22.8 Å². The number of aliphatic hydroxyl groups is 3. The number of halogens is 1. The van der Waals surface area contributed by atoms with Crippen LogP contribution in [0.15, 0.2) is 22.8 Å². The number of ether oxygens (including phenoxy) is 4. The highest BCUT2D eigenvalue weighted by Gasteiger charge is 2.63. The van der Waals surface area contributed by atoms with Gasteiger partial charge in [0.1, 0.15) is 24.4 Å². The van der Waals surface area contributed by atoms with Crippen molar-refractivity contribution < 1.29 is 34.3 Å². The van der Waals surface area contributed by atoms with Crippen LogP contribution in [0.4, 0.5) is 0 Å². The van der Waals surface area contributed by atoms with E-state index in [9.17, 15) is 10.2 Å². The third-order valence-electron chi connectivity index (χ3n) is 15.3. The zero-order valence-corrected chi connectivity index (χ0v) is 36.3. The minimum atomic E-state index is -1.01. The van der Waals surface area contributed by atoms with E-state index in [4.69, 9.17) is 24.1 Å². The molecule has 0 aromatic rings. The molecule has 12 unspecified atom stereocenters. The molecule has 0 spiro atoms. The van der Waals surface area contributed by atoms with Gasteiger partial charge >= 0.3 is 0 Å². The molecule has 4 fully saturated rings. The Hall–Kier alpha value is -0.550. The Morgan fingerprint density at radius 3 is 2.30 bits per heavy atom. The van der Waals surface area contributed by atoms with Gasteiger partial charge < -0.3 is 39.2 Å². The molecule has 0 bridgehead atoms. The zero-order valence-electron chi connectivity index (χ0n) is 35.5. The lowest BCUT2D eigenvalue weighted by Gasteiger charge is -2.62. The first-order valence-electron chi connectivity index (χ1n) is 20.8. The second kappa shape index (κ2) is 17.1. The summed E-state index contributed by atoms with van der Waals surface area (Å²) in [6, 6.07) is 0. The summed E-state index contributed by atoms with van der Waals surface area (Å²) in [5.41, 5.74) is 6.41. The van der Waals surface area contributed by atoms with Crippen LogP contribution in [0.2, 0.25) is 0 Å². The van der Waals surface area contributed by atoms with Crippen molar-refractivity contribution >= 4 is 12.4 Å². The molecule has 2 aliphatic heterocycles. The maximum absolute atomic E-state index is 10.8. The molecule has 2 heterocycles. The lowest BCUT2D eigenvalue weighted by atomic mass is 9.43. The second-order valence-electron chi connectivity index (χ2n) is 19.9. The fourth-order valence-electron chi connectivity index (χ4n) is 12.2. The van der Waals surface area contributed by atoms with Crippen LogP contribution in [-0.4, -0.2) is 96.7 Å². The Morgan fingerprint density at radius 2 is 1.66 bits per heavy atom. The maximum Gasteiger partial charge on any atom is 0.190 e. The Kier molecular flexibility index (Phi) is 14.6. The number of rotatable bonds is 11. The maximum atomic E-state index is 10.8. The van der Waals surface area contributed by atoms with E-state index in [1.54, 1.807) is 0 Å². The van der Waals surface area contributed by atoms with E-state index in [1.165, 1.54) is 63.4 Å². The van der Waals surface area contributed by atoms with E-state index in [0.717, 1.165) is 31.2 Å². The van der Waals surface area contributed by atoms with Gasteiger partial charge in [-0.25, -0.2) is 0 Å². The van der Waals surface area contributed by atoms with Crippen molar-refractivity contribution in [3.63, 3.8) is 0 Å². The summed E-state index contributed by atoms with van der Waals surface area (Å²) in [6.45, 7) is 24.3. The molecule has 4 aliphatic carbocycles. The van der Waals surface area contributed by atoms with E-state index >= 15 is 0 Å². The van der Waals surface area contributed by atoms with Gasteiger partial charge in [-0.05, 0) is 158 Å². The Balaban J connectivity index is 0.000000250. The fourth-order valence-corrected chi connectivity index (χ4v) is 12.2. The number of hydrogen-bond donors (Lipinski definition) is 3. The summed E-state index contributed by atoms with van der Waals surface area (Å²) in [7, 11) is 4.01. The largest absolute Gasteiger partial charge is 0.394 e. The Bertz CT molecular complexity index is 1300. The van der Waals surface area contributed by atoms with Crippen LogP contribution >= 0.6 is 12.4 Å². The molecule has 2 saturated carbocycles. The summed E-state index contributed by atoms with van der Waals surface area (Å²) < 4.78 is 23.0. The number of fused-ring (bicyclic) bond motifs is 5. The van der Waals surface area contributed by atoms with Crippen LogP contribution in [0.1, 0.15) is 140 Å². The minimum Gasteiger partial charge on any atom is -0.394 e. The zero-order chi connectivity index (χ0) is 38.4. The predicted molar refractivity (Wildman–Crippen MR) is 215 cm³/mol. The monoisotopic (exact) mass is 768 g/mol. The van der Waals surface area contributed by atoms with Gasteiger partial charge in [-0.1, -0.05) is 64.3 Å². The molecule has 6 aliphatic rings. The highest BCUT2D eigenvalue weighted by molar-refractivity contribution is 5.85. The van der Waals surface area contributed by atoms with Crippen LogP contribution < -0.4 is 0 Å². The number of nitrogens with zero attached hydrogens (tertiary/aromatic N) is 1. The third kappa shape index (κ3) is 8.67. The van der Waals surface area contributed by atoms with Crippen molar-refractivity contribution in [2.24, 2.45) is 39.4 Å². The summed E-state index contributed by atoms with van der Waals surface area (Å²) in [6.07, 6.45) is 13.0. The van der Waals surface area contributed by atoms with Crippen molar-refractivity contribution in [2.45, 2.75) is 182 Å². The van der Waals surface area contributed by atoms with Gasteiger partial charge in [0.2, 0.25) is 0 Å². The molecule has 0 aromatic carbocycles. The molecular weight excluding hydrogens is 690 g/mol. The summed E-state index contributed by atoms with van der Waals surface area (Å²) >= 11 is 0. The number of hydrogen-bond acceptors (Lipinski definition) is 8. The van der Waals surface area contributed by atoms with Crippen LogP contribution in [0.3, 0.4) is 0 Å². The highest BCUT2D eigenvalue weighted by atomic mass is 35.5. The van der Waals surface area contributed by atoms with E-state index in [1.807, 2.05) is 39.1 Å². The van der Waals surface area contributed by atoms with Gasteiger partial charge in [0, 0.05) is 6.61 Å². The van der Waals surface area contributed by atoms with Crippen LogP contribution in [0.5, 0.6) is 0 Å². The van der Waals surface area contributed by atoms with Crippen molar-refractivity contribution in [2.75, 3.05) is 33.9 Å². The van der Waals surface area contributed by atoms with Crippen molar-refractivity contribution in [1.29, 1.82) is 0 Å². The van der Waals surface area contributed by atoms with Crippen molar-refractivity contribution in [3.8, 4) is 0 Å². The summed E-state index contributed by atoms with van der Waals surface area (Å²) in [5.74, 6) is 1.60. The second-order valence-corrected chi connectivity index (χ2v) is 19.9. The van der Waals surface area contributed by atoms with Crippen LogP contribution in [0.25, 0.3) is 0 Å². The molecule has 0 radical (unpaired) electrons. The summed E-state index contributed by atoms with van der Waals surface area (Å²) in [5, 5.41) is 29.8. The number of aliphatic hydroxyl groups excluding tert-OH is 3. The Morgan fingerprint density at radius 1 is 0.962 bits per heavy atom. The Labute approximate surface area is 329 Å². The summed E-state index contributed by atoms with van der Waals surface area (Å²) in [4.78, 5) is 2.08. The smallest absolute Gasteiger partial charge is 0.190 e. The van der Waals surface area contributed by atoms with E-state index in [-0.39, 0.29) is 36.6 Å². The molecule has 6 rings (SSSR count). The minimum absolute atomic E-state index is 0. The molecular formula is C44H78ClNO7. The molecule has 53 heavy (non-hydrogen) atoms. The highest BCUT2D eigenvalue weighted by Crippen LogP contribution is 2.72. The van der Waals surface area contributed by atoms with Gasteiger partial charge in [0.15, 0.2) is 12.1 Å². The standard InChI is InChI=1S/C30H50O.C14H27NO6.ClH/c1-20(2)10-9-11-21(3)22-14-18-30(8)24-12-13-25-27(4,5)26(31)16-17-28(25,6)23(24)15-19-29(22,30)7;1-14(2)20-12-11(18-7-5-6-15(3)4)10(9(17)8-16)19-13(12)21-14;/h10,21-22,25-26,31H,9,11-19H2,1-8H3;9-13,16-17H,5-8H2,1-4H3;1H. The average molecular weight is 769 g/mol. The van der Waals surface area contributed by atoms with E-state index in [0.29, 0.717) is 28.8 Å². The third-order valence-corrected chi connectivity index (χ3v) is 15.3. The fraction of sp³-hybridized carbons (Fsp3) is 0.909. The van der Waals surface area contributed by atoms with Gasteiger partial charge in [-0.15, -0.1) is 12.4 Å². The van der Waals surface area contributed by atoms with Gasteiger partial charge in [0.05, 0.1) is 12.7 Å². The average Bonchev–Trinajstić information content (AvgIpc) is 3.65. The van der Waals surface area contributed by atoms with E-state index < -0.39 is 30.4 Å². The first-order chi connectivity index (χ1) is 24.2. The van der Waals surface area contributed by atoms with Gasteiger partial charge in [-0.3, -0.25) is 0 Å². The topological polar surface area (TPSA) is 101 Å². The molecule has 9 heteroatoms. The molecule has 12 atom stereocenters. The molecule has 308 valence electrons. The predicted octanol–water partition coefficient (Wildman–Crippen LogP) is 8.45. The number of allylic oxidation sites excluding steroid dienone is 4. The molecule has 8 nitrogen and oxygen atoms in total. The molecule has 0 amide bonds. The lowest BCUT2D eigenvalue weighted by molar-refractivity contribution is -0.231.